The molecular weight excluding hydrogens is 272 g/mol. The van der Waals surface area contributed by atoms with Gasteiger partial charge in [-0.2, -0.15) is 27.7 Å². The molecule has 0 aliphatic rings. The zero-order chi connectivity index (χ0) is 15.8. The maximum absolute atomic E-state index is 8.40. The third kappa shape index (κ3) is 117. The van der Waals surface area contributed by atoms with Crippen LogP contribution in [0, 0.1) is 23.7 Å². The van der Waals surface area contributed by atoms with Crippen LogP contribution in [0.4, 0.5) is 0 Å². The van der Waals surface area contributed by atoms with Crippen molar-refractivity contribution in [2.75, 3.05) is 13.2 Å². The summed E-state index contributed by atoms with van der Waals surface area (Å²) < 4.78 is 0. The fourth-order valence-corrected chi connectivity index (χ4v) is 0. The maximum Gasteiger partial charge on any atom is 2.00 e. The third-order valence-corrected chi connectivity index (χ3v) is 0.949. The van der Waals surface area contributed by atoms with Crippen LogP contribution < -0.4 is 0 Å². The minimum atomic E-state index is 0. The summed E-state index contributed by atoms with van der Waals surface area (Å²) in [7, 11) is 0. The molecular formula is C16H38O2Ti. The molecule has 0 saturated carbocycles. The molecule has 0 rings (SSSR count). The number of aliphatic hydroxyl groups is 2. The fraction of sp³-hybridized carbons (Fsp3) is 0.875. The van der Waals surface area contributed by atoms with Crippen LogP contribution in [-0.2, 0) is 21.7 Å². The average molecular weight is 310 g/mol. The van der Waals surface area contributed by atoms with Crippen molar-refractivity contribution in [3.8, 4) is 0 Å². The van der Waals surface area contributed by atoms with Gasteiger partial charge in [0.2, 0.25) is 0 Å². The Labute approximate surface area is 138 Å². The van der Waals surface area contributed by atoms with Crippen molar-refractivity contribution in [3.05, 3.63) is 12.8 Å². The zero-order valence-corrected chi connectivity index (χ0v) is 16.5. The van der Waals surface area contributed by atoms with Gasteiger partial charge in [-0.3, -0.25) is 0 Å². The quantitative estimate of drug-likeness (QED) is 0.510. The van der Waals surface area contributed by atoms with Gasteiger partial charge in [0, 0.05) is 13.2 Å². The van der Waals surface area contributed by atoms with E-state index in [2.05, 4.69) is 0 Å². The molecule has 0 spiro atoms. The van der Waals surface area contributed by atoms with Crippen molar-refractivity contribution < 1.29 is 31.9 Å². The van der Waals surface area contributed by atoms with Gasteiger partial charge in [-0.05, 0) is 10.8 Å². The summed E-state index contributed by atoms with van der Waals surface area (Å²) in [4.78, 5) is 0. The summed E-state index contributed by atoms with van der Waals surface area (Å²) >= 11 is 0. The summed E-state index contributed by atoms with van der Waals surface area (Å²) in [5, 5.41) is 16.8. The van der Waals surface area contributed by atoms with Crippen LogP contribution in [0.15, 0.2) is 0 Å². The zero-order valence-electron chi connectivity index (χ0n) is 15.0. The predicted molar refractivity (Wildman–Crippen MR) is 84.4 cm³/mol. The molecule has 0 radical (unpaired) electrons. The SMILES string of the molecule is CC(C)(C)CO.CC(C)(C)CO.C[CH-]C.C[CH-]C.[Ti+2]. The van der Waals surface area contributed by atoms with Crippen molar-refractivity contribution in [2.24, 2.45) is 10.8 Å². The standard InChI is InChI=1S/2C5H12O.2C3H7.Ti/c2*1-5(2,3)4-6;2*1-3-2;/h2*6H,4H2,1-3H3;2*3H,1-2H3;/q;;2*-1;+2. The van der Waals surface area contributed by atoms with Crippen LogP contribution in [0.1, 0.15) is 69.2 Å². The van der Waals surface area contributed by atoms with Gasteiger partial charge in [0.25, 0.3) is 0 Å². The largest absolute Gasteiger partial charge is 2.00 e. The van der Waals surface area contributed by atoms with Crippen molar-refractivity contribution in [2.45, 2.75) is 69.2 Å². The van der Waals surface area contributed by atoms with E-state index in [0.29, 0.717) is 0 Å². The molecule has 2 nitrogen and oxygen atoms in total. The molecule has 2 N–H and O–H groups in total. The van der Waals surface area contributed by atoms with Crippen molar-refractivity contribution in [1.29, 1.82) is 0 Å². The Morgan fingerprint density at radius 2 is 0.684 bits per heavy atom. The Balaban J connectivity index is -0.0000000476. The molecule has 0 aliphatic heterocycles. The molecule has 3 heteroatoms. The molecule has 0 aromatic rings. The first-order valence-electron chi connectivity index (χ1n) is 6.65. The molecule has 0 heterocycles. The minimum Gasteiger partial charge on any atom is -0.396 e. The van der Waals surface area contributed by atoms with E-state index in [0.717, 1.165) is 0 Å². The summed E-state index contributed by atoms with van der Waals surface area (Å²) in [5.41, 5.74) is 0.194. The van der Waals surface area contributed by atoms with E-state index in [4.69, 9.17) is 10.2 Å². The van der Waals surface area contributed by atoms with Gasteiger partial charge >= 0.3 is 21.7 Å². The maximum atomic E-state index is 8.40. The average Bonchev–Trinajstić information content (AvgIpc) is 2.19. The monoisotopic (exact) mass is 310 g/mol. The Morgan fingerprint density at radius 3 is 0.684 bits per heavy atom. The number of aliphatic hydroxyl groups excluding tert-OH is 2. The minimum absolute atomic E-state index is 0. The van der Waals surface area contributed by atoms with Crippen LogP contribution in [-0.4, -0.2) is 23.4 Å². The second-order valence-corrected chi connectivity index (χ2v) is 6.59. The Kier molecular flexibility index (Phi) is 35.1. The third-order valence-electron chi connectivity index (χ3n) is 0.949. The summed E-state index contributed by atoms with van der Waals surface area (Å²) in [5.74, 6) is 0. The number of hydrogen-bond acceptors (Lipinski definition) is 2. The van der Waals surface area contributed by atoms with Crippen LogP contribution in [0.3, 0.4) is 0 Å². The summed E-state index contributed by atoms with van der Waals surface area (Å²) in [6.07, 6.45) is 4.00. The molecule has 0 aliphatic carbocycles. The van der Waals surface area contributed by atoms with Gasteiger partial charge < -0.3 is 23.1 Å². The second-order valence-electron chi connectivity index (χ2n) is 6.59. The molecule has 0 aromatic carbocycles. The van der Waals surface area contributed by atoms with Gasteiger partial charge in [-0.1, -0.05) is 41.5 Å². The van der Waals surface area contributed by atoms with E-state index < -0.39 is 0 Å². The predicted octanol–water partition coefficient (Wildman–Crippen LogP) is 4.51. The van der Waals surface area contributed by atoms with E-state index in [-0.39, 0.29) is 45.8 Å². The first-order chi connectivity index (χ1) is 7.95. The van der Waals surface area contributed by atoms with Gasteiger partial charge in [-0.15, -0.1) is 0 Å². The molecule has 0 bridgehead atoms. The molecule has 0 saturated heterocycles. The molecule has 0 atom stereocenters. The van der Waals surface area contributed by atoms with E-state index in [9.17, 15) is 0 Å². The van der Waals surface area contributed by atoms with Gasteiger partial charge in [0.15, 0.2) is 0 Å². The first kappa shape index (κ1) is 31.8. The first-order valence-corrected chi connectivity index (χ1v) is 6.65. The van der Waals surface area contributed by atoms with Crippen LogP contribution in [0.25, 0.3) is 0 Å². The molecule has 0 unspecified atom stereocenters. The van der Waals surface area contributed by atoms with E-state index in [1.165, 1.54) is 0 Å². The van der Waals surface area contributed by atoms with Gasteiger partial charge in [0.05, 0.1) is 0 Å². The Morgan fingerprint density at radius 1 is 0.632 bits per heavy atom. The number of rotatable bonds is 0. The Bertz CT molecular complexity index is 108. The summed E-state index contributed by atoms with van der Waals surface area (Å²) in [6.45, 7) is 20.5. The Hall–Kier alpha value is 0.634. The molecule has 19 heavy (non-hydrogen) atoms. The van der Waals surface area contributed by atoms with Crippen LogP contribution in [0.2, 0.25) is 0 Å². The van der Waals surface area contributed by atoms with Crippen LogP contribution >= 0.6 is 0 Å². The second kappa shape index (κ2) is 20.9. The van der Waals surface area contributed by atoms with Crippen molar-refractivity contribution >= 4 is 0 Å². The van der Waals surface area contributed by atoms with Crippen molar-refractivity contribution in [3.63, 3.8) is 0 Å². The fourth-order valence-electron chi connectivity index (χ4n) is 0. The molecule has 0 aromatic heterocycles. The molecule has 0 fully saturated rings. The normalized spacial score (nSPS) is 9.47. The van der Waals surface area contributed by atoms with E-state index in [1.54, 1.807) is 0 Å². The summed E-state index contributed by atoms with van der Waals surface area (Å²) in [6, 6.07) is 0. The van der Waals surface area contributed by atoms with E-state index in [1.807, 2.05) is 82.1 Å². The van der Waals surface area contributed by atoms with Gasteiger partial charge in [0.1, 0.15) is 0 Å². The molecule has 118 valence electrons. The van der Waals surface area contributed by atoms with Crippen molar-refractivity contribution in [1.82, 2.24) is 0 Å². The van der Waals surface area contributed by atoms with Crippen LogP contribution in [0.5, 0.6) is 0 Å². The number of hydrogen-bond donors (Lipinski definition) is 2. The molecule has 0 amide bonds. The smallest absolute Gasteiger partial charge is 0.396 e. The van der Waals surface area contributed by atoms with E-state index >= 15 is 0 Å². The van der Waals surface area contributed by atoms with Gasteiger partial charge in [-0.25, -0.2) is 0 Å². The topological polar surface area (TPSA) is 40.5 Å².